The van der Waals surface area contributed by atoms with Gasteiger partial charge in [-0.3, -0.25) is 34.3 Å². The Balaban J connectivity index is 1.35. The number of hydrogen-bond acceptors (Lipinski definition) is 8. The zero-order valence-electron chi connectivity index (χ0n) is 18.2. The van der Waals surface area contributed by atoms with E-state index in [9.17, 15) is 33.8 Å². The fourth-order valence-corrected chi connectivity index (χ4v) is 6.13. The van der Waals surface area contributed by atoms with Gasteiger partial charge in [0.15, 0.2) is 6.04 Å². The highest BCUT2D eigenvalue weighted by atomic mass is 32.2. The first kappa shape index (κ1) is 22.7. The summed E-state index contributed by atoms with van der Waals surface area (Å²) in [5.41, 5.74) is 1.02. The van der Waals surface area contributed by atoms with Crippen LogP contribution < -0.4 is 0 Å². The van der Waals surface area contributed by atoms with Crippen molar-refractivity contribution in [1.29, 1.82) is 0 Å². The third-order valence-corrected chi connectivity index (χ3v) is 7.83. The van der Waals surface area contributed by atoms with Crippen LogP contribution in [0.1, 0.15) is 33.2 Å². The summed E-state index contributed by atoms with van der Waals surface area (Å²) in [6.07, 6.45) is 0. The van der Waals surface area contributed by atoms with Crippen LogP contribution in [0.2, 0.25) is 0 Å². The van der Waals surface area contributed by atoms with Gasteiger partial charge in [-0.25, -0.2) is 4.79 Å². The second kappa shape index (κ2) is 8.32. The first-order valence-electron chi connectivity index (χ1n) is 10.5. The first-order chi connectivity index (χ1) is 16.7. The number of carbonyl (C=O) groups excluding carboxylic acids is 4. The first-order valence-corrected chi connectivity index (χ1v) is 11.9. The molecule has 2 unspecified atom stereocenters. The lowest BCUT2D eigenvalue weighted by molar-refractivity contribution is -0.384. The van der Waals surface area contributed by atoms with Crippen molar-refractivity contribution < 1.29 is 33.4 Å². The van der Waals surface area contributed by atoms with Gasteiger partial charge in [0.1, 0.15) is 18.1 Å². The van der Waals surface area contributed by atoms with Gasteiger partial charge in [0.25, 0.3) is 23.4 Å². The predicted octanol–water partition coefficient (Wildman–Crippen LogP) is 1.51. The number of imide groups is 1. The highest BCUT2D eigenvalue weighted by Crippen LogP contribution is 2.41. The van der Waals surface area contributed by atoms with Gasteiger partial charge in [0.2, 0.25) is 5.37 Å². The smallest absolute Gasteiger partial charge is 0.355 e. The second-order valence-corrected chi connectivity index (χ2v) is 9.76. The predicted molar refractivity (Wildman–Crippen MR) is 120 cm³/mol. The lowest BCUT2D eigenvalue weighted by atomic mass is 10.0. The lowest BCUT2D eigenvalue weighted by Crippen LogP contribution is -2.75. The van der Waals surface area contributed by atoms with Crippen molar-refractivity contribution in [3.8, 4) is 0 Å². The van der Waals surface area contributed by atoms with Crippen molar-refractivity contribution >= 4 is 40.6 Å². The summed E-state index contributed by atoms with van der Waals surface area (Å²) in [6.45, 7) is 1.35. The molecule has 3 aliphatic heterocycles. The molecule has 0 saturated carbocycles. The number of fused-ring (bicyclic) bond motifs is 2. The van der Waals surface area contributed by atoms with Crippen molar-refractivity contribution in [2.45, 2.75) is 24.9 Å². The van der Waals surface area contributed by atoms with Gasteiger partial charge in [0.05, 0.1) is 16.1 Å². The molecule has 3 atom stereocenters. The molecule has 0 aliphatic carbocycles. The molecule has 0 aromatic heterocycles. The van der Waals surface area contributed by atoms with E-state index in [-0.39, 0.29) is 34.9 Å². The number of hydrogen-bond donors (Lipinski definition) is 0. The summed E-state index contributed by atoms with van der Waals surface area (Å²) >= 11 is -1.66. The van der Waals surface area contributed by atoms with Crippen molar-refractivity contribution in [2.24, 2.45) is 0 Å². The highest BCUT2D eigenvalue weighted by molar-refractivity contribution is 7.92. The molecule has 3 heterocycles. The fourth-order valence-electron chi connectivity index (χ4n) is 4.42. The molecule has 178 valence electrons. The van der Waals surface area contributed by atoms with Crippen LogP contribution in [0, 0.1) is 10.1 Å². The van der Waals surface area contributed by atoms with E-state index in [1.807, 2.05) is 0 Å². The van der Waals surface area contributed by atoms with Crippen LogP contribution in [0.15, 0.2) is 59.8 Å². The zero-order valence-corrected chi connectivity index (χ0v) is 19.0. The van der Waals surface area contributed by atoms with Gasteiger partial charge in [-0.05, 0) is 47.9 Å². The molecule has 3 aliphatic rings. The standard InChI is InChI=1S/C23H17N3O8S/c1-12-11-35(33)22-18(24-19(27)15-4-2-3-5-16(15)20(24)28)21(29)25(22)17(12)23(30)34-10-13-6-8-14(9-7-13)26(31)32/h2-9,18,22H,10-11H2,1H3/t18?,22-,35?/m1/s1. The number of amides is 3. The van der Waals surface area contributed by atoms with E-state index >= 15 is 0 Å². The van der Waals surface area contributed by atoms with E-state index in [4.69, 9.17) is 4.74 Å². The number of nitro benzene ring substituents is 1. The van der Waals surface area contributed by atoms with Crippen molar-refractivity contribution in [3.05, 3.63) is 86.6 Å². The Bertz CT molecular complexity index is 1300. The van der Waals surface area contributed by atoms with E-state index in [0.717, 1.165) is 9.80 Å². The van der Waals surface area contributed by atoms with Gasteiger partial charge >= 0.3 is 5.97 Å². The van der Waals surface area contributed by atoms with E-state index in [1.165, 1.54) is 36.4 Å². The summed E-state index contributed by atoms with van der Waals surface area (Å²) in [6, 6.07) is 10.3. The minimum Gasteiger partial charge on any atom is -0.614 e. The number of ether oxygens (including phenoxy) is 1. The van der Waals surface area contributed by atoms with Crippen molar-refractivity contribution in [1.82, 2.24) is 9.80 Å². The minimum atomic E-state index is -1.66. The summed E-state index contributed by atoms with van der Waals surface area (Å²) in [7, 11) is 0. The van der Waals surface area contributed by atoms with Crippen LogP contribution in [-0.4, -0.2) is 60.1 Å². The Morgan fingerprint density at radius 2 is 1.66 bits per heavy atom. The molecule has 35 heavy (non-hydrogen) atoms. The van der Waals surface area contributed by atoms with E-state index in [2.05, 4.69) is 0 Å². The van der Waals surface area contributed by atoms with Gasteiger partial charge in [-0.15, -0.1) is 0 Å². The van der Waals surface area contributed by atoms with Crippen LogP contribution in [-0.2, 0) is 32.1 Å². The molecule has 1 saturated heterocycles. The Labute approximate surface area is 201 Å². The van der Waals surface area contributed by atoms with Crippen molar-refractivity contribution in [3.63, 3.8) is 0 Å². The molecule has 12 heteroatoms. The SMILES string of the molecule is CC1=C(C(=O)OCc2ccc([N+](=O)[O-])cc2)N2C(=O)C(N3C(=O)c4ccccc4C3=O)[C@H]2[S+]([O-])C1. The highest BCUT2D eigenvalue weighted by Gasteiger charge is 2.65. The number of rotatable bonds is 5. The largest absolute Gasteiger partial charge is 0.614 e. The number of non-ortho nitro benzene ring substituents is 1. The summed E-state index contributed by atoms with van der Waals surface area (Å²) < 4.78 is 18.2. The van der Waals surface area contributed by atoms with E-state index in [1.54, 1.807) is 19.1 Å². The average Bonchev–Trinajstić information content (AvgIpc) is 3.08. The maximum Gasteiger partial charge on any atom is 0.355 e. The zero-order chi connectivity index (χ0) is 25.0. The van der Waals surface area contributed by atoms with Crippen LogP contribution in [0.3, 0.4) is 0 Å². The molecule has 0 spiro atoms. The monoisotopic (exact) mass is 495 g/mol. The van der Waals surface area contributed by atoms with Gasteiger partial charge < -0.3 is 9.29 Å². The molecule has 1 fully saturated rings. The lowest BCUT2D eigenvalue weighted by Gasteiger charge is -2.50. The Kier molecular flexibility index (Phi) is 5.41. The van der Waals surface area contributed by atoms with Crippen LogP contribution >= 0.6 is 0 Å². The normalized spacial score (nSPS) is 23.1. The fraction of sp³-hybridized carbons (Fsp3) is 0.217. The van der Waals surface area contributed by atoms with Crippen LogP contribution in [0.4, 0.5) is 5.69 Å². The molecule has 0 N–H and O–H groups in total. The van der Waals surface area contributed by atoms with Gasteiger partial charge in [-0.1, -0.05) is 12.1 Å². The third kappa shape index (κ3) is 3.49. The number of esters is 1. The molecule has 2 aromatic carbocycles. The molecule has 11 nitrogen and oxygen atoms in total. The van der Waals surface area contributed by atoms with E-state index in [0.29, 0.717) is 11.1 Å². The number of nitro groups is 1. The number of benzene rings is 2. The second-order valence-electron chi connectivity index (χ2n) is 8.22. The molecule has 2 aromatic rings. The van der Waals surface area contributed by atoms with Gasteiger partial charge in [0, 0.05) is 17.7 Å². The summed E-state index contributed by atoms with van der Waals surface area (Å²) in [5, 5.41) is 9.72. The molecular weight excluding hydrogens is 478 g/mol. The van der Waals surface area contributed by atoms with Crippen molar-refractivity contribution in [2.75, 3.05) is 5.75 Å². The molecule has 0 radical (unpaired) electrons. The number of nitrogens with zero attached hydrogens (tertiary/aromatic N) is 3. The van der Waals surface area contributed by atoms with Crippen LogP contribution in [0.5, 0.6) is 0 Å². The number of carbonyl (C=O) groups is 4. The Hall–Kier alpha value is -4.03. The minimum absolute atomic E-state index is 0.0317. The topological polar surface area (TPSA) is 150 Å². The quantitative estimate of drug-likeness (QED) is 0.151. The maximum absolute atomic E-state index is 13.1. The van der Waals surface area contributed by atoms with E-state index < -0.39 is 51.2 Å². The maximum atomic E-state index is 13.1. The third-order valence-electron chi connectivity index (χ3n) is 6.10. The number of β-lactam (4-membered cyclic amide) rings is 1. The molecule has 0 bridgehead atoms. The Morgan fingerprint density at radius 3 is 2.23 bits per heavy atom. The summed E-state index contributed by atoms with van der Waals surface area (Å²) in [4.78, 5) is 63.9. The molecule has 3 amide bonds. The Morgan fingerprint density at radius 1 is 1.06 bits per heavy atom. The molecule has 5 rings (SSSR count). The van der Waals surface area contributed by atoms with Gasteiger partial charge in [-0.2, -0.15) is 0 Å². The van der Waals surface area contributed by atoms with Crippen LogP contribution in [0.25, 0.3) is 0 Å². The molecular formula is C23H17N3O8S. The average molecular weight is 495 g/mol. The summed E-state index contributed by atoms with van der Waals surface area (Å²) in [5.74, 6) is -2.85.